The fourth-order valence-corrected chi connectivity index (χ4v) is 7.26. The van der Waals surface area contributed by atoms with Gasteiger partial charge in [0.1, 0.15) is 22.3 Å². The van der Waals surface area contributed by atoms with Crippen LogP contribution in [0, 0.1) is 0 Å². The Balaban J connectivity index is 1.09. The summed E-state index contributed by atoms with van der Waals surface area (Å²) in [7, 11) is 0. The number of anilines is 3. The van der Waals surface area contributed by atoms with Crippen LogP contribution in [0.3, 0.4) is 0 Å². The molecule has 49 heavy (non-hydrogen) atoms. The highest BCUT2D eigenvalue weighted by atomic mass is 16.3. The van der Waals surface area contributed by atoms with E-state index in [2.05, 4.69) is 157 Å². The molecule has 0 fully saturated rings. The predicted octanol–water partition coefficient (Wildman–Crippen LogP) is 13.4. The Labute approximate surface area is 282 Å². The van der Waals surface area contributed by atoms with Crippen molar-refractivity contribution in [1.82, 2.24) is 0 Å². The van der Waals surface area contributed by atoms with Crippen molar-refractivity contribution < 1.29 is 8.83 Å². The maximum atomic E-state index is 6.38. The number of para-hydroxylation sites is 3. The monoisotopic (exact) mass is 627 g/mol. The van der Waals surface area contributed by atoms with Crippen molar-refractivity contribution >= 4 is 71.7 Å². The SMILES string of the molecule is c1cc(-c2ccc3c(c2)oc2ccccc23)cc(N(c2ccc(-c3cccc4c3oc3ccccc34)cc2)c2ccc3ccccc3c2)c1. The molecule has 0 spiro atoms. The molecule has 0 saturated carbocycles. The van der Waals surface area contributed by atoms with Crippen molar-refractivity contribution in [3.63, 3.8) is 0 Å². The van der Waals surface area contributed by atoms with Crippen LogP contribution in [0.4, 0.5) is 17.1 Å². The molecule has 0 bridgehead atoms. The molecule has 10 rings (SSSR count). The number of hydrogen-bond acceptors (Lipinski definition) is 3. The van der Waals surface area contributed by atoms with Crippen molar-refractivity contribution in [2.45, 2.75) is 0 Å². The van der Waals surface area contributed by atoms with Crippen molar-refractivity contribution in [3.8, 4) is 22.3 Å². The highest BCUT2D eigenvalue weighted by Crippen LogP contribution is 2.41. The maximum Gasteiger partial charge on any atom is 0.143 e. The normalized spacial score (nSPS) is 11.7. The Kier molecular flexibility index (Phi) is 6.18. The molecule has 3 heteroatoms. The summed E-state index contributed by atoms with van der Waals surface area (Å²) in [5.41, 5.74) is 11.3. The zero-order valence-electron chi connectivity index (χ0n) is 26.5. The Morgan fingerprint density at radius 1 is 0.327 bits per heavy atom. The second kappa shape index (κ2) is 11.0. The summed E-state index contributed by atoms with van der Waals surface area (Å²) >= 11 is 0. The van der Waals surface area contributed by atoms with Gasteiger partial charge in [0.25, 0.3) is 0 Å². The maximum absolute atomic E-state index is 6.38. The number of rotatable bonds is 5. The molecule has 0 atom stereocenters. The Bertz CT molecular complexity index is 2840. The van der Waals surface area contributed by atoms with Crippen LogP contribution in [0.5, 0.6) is 0 Å². The minimum absolute atomic E-state index is 0.894. The van der Waals surface area contributed by atoms with Gasteiger partial charge in [0.15, 0.2) is 0 Å². The zero-order valence-corrected chi connectivity index (χ0v) is 26.5. The van der Waals surface area contributed by atoms with Gasteiger partial charge in [0, 0.05) is 44.2 Å². The lowest BCUT2D eigenvalue weighted by atomic mass is 10.0. The van der Waals surface area contributed by atoms with Crippen molar-refractivity contribution in [2.75, 3.05) is 4.90 Å². The summed E-state index contributed by atoms with van der Waals surface area (Å²) in [6.45, 7) is 0. The lowest BCUT2D eigenvalue weighted by molar-refractivity contribution is 0.669. The molecule has 10 aromatic rings. The average molecular weight is 628 g/mol. The molecule has 0 unspecified atom stereocenters. The van der Waals surface area contributed by atoms with Crippen LogP contribution < -0.4 is 4.90 Å². The van der Waals surface area contributed by atoms with Crippen LogP contribution in [0.1, 0.15) is 0 Å². The number of fused-ring (bicyclic) bond motifs is 7. The van der Waals surface area contributed by atoms with Crippen molar-refractivity contribution in [1.29, 1.82) is 0 Å². The summed E-state index contributed by atoms with van der Waals surface area (Å²) in [5, 5.41) is 6.95. The van der Waals surface area contributed by atoms with Gasteiger partial charge in [-0.15, -0.1) is 0 Å². The van der Waals surface area contributed by atoms with Gasteiger partial charge >= 0.3 is 0 Å². The second-order valence-electron chi connectivity index (χ2n) is 12.6. The van der Waals surface area contributed by atoms with Gasteiger partial charge in [-0.3, -0.25) is 0 Å². The third kappa shape index (κ3) is 4.59. The number of benzene rings is 8. The van der Waals surface area contributed by atoms with Gasteiger partial charge in [0.2, 0.25) is 0 Å². The first kappa shape index (κ1) is 27.5. The van der Waals surface area contributed by atoms with E-state index in [1.54, 1.807) is 0 Å². The van der Waals surface area contributed by atoms with Gasteiger partial charge in [0.05, 0.1) is 0 Å². The first-order valence-electron chi connectivity index (χ1n) is 16.6. The molecule has 0 radical (unpaired) electrons. The molecular weight excluding hydrogens is 599 g/mol. The van der Waals surface area contributed by atoms with E-state index in [4.69, 9.17) is 8.83 Å². The molecule has 0 aliphatic rings. The predicted molar refractivity (Wildman–Crippen MR) is 204 cm³/mol. The molecule has 0 aliphatic carbocycles. The van der Waals surface area contributed by atoms with Gasteiger partial charge in [-0.05, 0) is 88.1 Å². The van der Waals surface area contributed by atoms with E-state index < -0.39 is 0 Å². The Hall–Kier alpha value is -6.58. The molecule has 8 aromatic carbocycles. The number of nitrogens with zero attached hydrogens (tertiary/aromatic N) is 1. The van der Waals surface area contributed by atoms with E-state index in [1.165, 1.54) is 10.8 Å². The van der Waals surface area contributed by atoms with E-state index in [0.29, 0.717) is 0 Å². The van der Waals surface area contributed by atoms with Gasteiger partial charge in [-0.25, -0.2) is 0 Å². The summed E-state index contributed by atoms with van der Waals surface area (Å²) in [6, 6.07) is 62.1. The van der Waals surface area contributed by atoms with Gasteiger partial charge in [-0.2, -0.15) is 0 Å². The smallest absolute Gasteiger partial charge is 0.143 e. The van der Waals surface area contributed by atoms with E-state index in [1.807, 2.05) is 24.3 Å². The summed E-state index contributed by atoms with van der Waals surface area (Å²) in [4.78, 5) is 2.33. The highest BCUT2D eigenvalue weighted by Gasteiger charge is 2.17. The van der Waals surface area contributed by atoms with Gasteiger partial charge < -0.3 is 13.7 Å². The molecule has 3 nitrogen and oxygen atoms in total. The first-order chi connectivity index (χ1) is 24.3. The second-order valence-corrected chi connectivity index (χ2v) is 12.6. The zero-order chi connectivity index (χ0) is 32.3. The van der Waals surface area contributed by atoms with E-state index >= 15 is 0 Å². The topological polar surface area (TPSA) is 29.5 Å². The van der Waals surface area contributed by atoms with E-state index in [9.17, 15) is 0 Å². The lowest BCUT2D eigenvalue weighted by Crippen LogP contribution is -2.10. The molecule has 0 aliphatic heterocycles. The molecule has 0 N–H and O–H groups in total. The Morgan fingerprint density at radius 2 is 0.939 bits per heavy atom. The summed E-state index contributed by atoms with van der Waals surface area (Å²) in [6.07, 6.45) is 0. The van der Waals surface area contributed by atoms with Crippen LogP contribution in [0.25, 0.3) is 76.9 Å². The minimum atomic E-state index is 0.894. The minimum Gasteiger partial charge on any atom is -0.456 e. The van der Waals surface area contributed by atoms with Crippen molar-refractivity contribution in [3.05, 3.63) is 176 Å². The standard InChI is InChI=1S/C46H29NO2/c1-2-10-32-27-37(25-19-30(32)9-1)47(35-23-20-31(21-24-35)38-15-8-16-42-40-14-4-6-18-44(40)49-46(38)42)36-12-7-11-33(28-36)34-22-26-41-39-13-3-5-17-43(39)48-45(41)29-34/h1-29H. The molecular formula is C46H29NO2. The highest BCUT2D eigenvalue weighted by molar-refractivity contribution is 6.09. The average Bonchev–Trinajstić information content (AvgIpc) is 3.73. The van der Waals surface area contributed by atoms with E-state index in [-0.39, 0.29) is 0 Å². The quantitative estimate of drug-likeness (QED) is 0.190. The molecule has 2 aromatic heterocycles. The summed E-state index contributed by atoms with van der Waals surface area (Å²) < 4.78 is 12.6. The lowest BCUT2D eigenvalue weighted by Gasteiger charge is -2.26. The van der Waals surface area contributed by atoms with Crippen molar-refractivity contribution in [2.24, 2.45) is 0 Å². The summed E-state index contributed by atoms with van der Waals surface area (Å²) in [5.74, 6) is 0. The largest absolute Gasteiger partial charge is 0.456 e. The molecule has 230 valence electrons. The van der Waals surface area contributed by atoms with Crippen LogP contribution >= 0.6 is 0 Å². The van der Waals surface area contributed by atoms with Crippen LogP contribution in [-0.4, -0.2) is 0 Å². The van der Waals surface area contributed by atoms with Crippen LogP contribution in [-0.2, 0) is 0 Å². The van der Waals surface area contributed by atoms with Gasteiger partial charge in [-0.1, -0.05) is 115 Å². The molecule has 0 saturated heterocycles. The number of furan rings is 2. The molecule has 2 heterocycles. The van der Waals surface area contributed by atoms with Crippen LogP contribution in [0.2, 0.25) is 0 Å². The molecule has 0 amide bonds. The first-order valence-corrected chi connectivity index (χ1v) is 16.6. The number of hydrogen-bond donors (Lipinski definition) is 0. The fourth-order valence-electron chi connectivity index (χ4n) is 7.26. The fraction of sp³-hybridized carbons (Fsp3) is 0. The Morgan fingerprint density at radius 3 is 1.80 bits per heavy atom. The van der Waals surface area contributed by atoms with E-state index in [0.717, 1.165) is 83.2 Å². The van der Waals surface area contributed by atoms with Crippen LogP contribution in [0.15, 0.2) is 185 Å². The third-order valence-electron chi connectivity index (χ3n) is 9.65. The third-order valence-corrected chi connectivity index (χ3v) is 9.65.